The third-order valence-corrected chi connectivity index (χ3v) is 8.97. The van der Waals surface area contributed by atoms with Crippen molar-refractivity contribution in [3.8, 4) is 0 Å². The van der Waals surface area contributed by atoms with Crippen molar-refractivity contribution in [3.63, 3.8) is 0 Å². The summed E-state index contributed by atoms with van der Waals surface area (Å²) in [4.78, 5) is 17.3. The molecule has 1 saturated heterocycles. The minimum Gasteiger partial charge on any atom is -0.343 e. The molecular formula is C20H24Cl2N4O4S. The second-order valence-corrected chi connectivity index (χ2v) is 10.8. The summed E-state index contributed by atoms with van der Waals surface area (Å²) in [6, 6.07) is 4.60. The van der Waals surface area contributed by atoms with Crippen molar-refractivity contribution in [3.05, 3.63) is 40.0 Å². The standard InChI is InChI=1S/C20H24Cl2N4O4S/c1-13-23-19(25-30-13)20(9-2-3-10-20)24-18(27)14-7-11-26(12-8-14)31(28,29)17-15(21)5-4-6-16(17)22/h4-6,14H,2-3,7-12H2,1H3,(H,24,27). The molecule has 1 aliphatic carbocycles. The summed E-state index contributed by atoms with van der Waals surface area (Å²) in [7, 11) is -3.84. The number of piperidine rings is 1. The van der Waals surface area contributed by atoms with E-state index in [1.165, 1.54) is 16.4 Å². The van der Waals surface area contributed by atoms with Gasteiger partial charge in [-0.2, -0.15) is 9.29 Å². The molecular weight excluding hydrogens is 463 g/mol. The summed E-state index contributed by atoms with van der Waals surface area (Å²) in [5.74, 6) is 0.590. The second kappa shape index (κ2) is 8.69. The maximum absolute atomic E-state index is 13.1. The number of amides is 1. The van der Waals surface area contributed by atoms with Crippen LogP contribution in [0.25, 0.3) is 0 Å². The molecule has 0 bridgehead atoms. The van der Waals surface area contributed by atoms with Crippen molar-refractivity contribution in [2.45, 2.75) is 55.9 Å². The third-order valence-electron chi connectivity index (χ3n) is 6.12. The lowest BCUT2D eigenvalue weighted by molar-refractivity contribution is -0.128. The fraction of sp³-hybridized carbons (Fsp3) is 0.550. The first-order valence-electron chi connectivity index (χ1n) is 10.3. The predicted octanol–water partition coefficient (Wildman–Crippen LogP) is 3.67. The average molecular weight is 487 g/mol. The van der Waals surface area contributed by atoms with E-state index in [4.69, 9.17) is 27.7 Å². The van der Waals surface area contributed by atoms with Crippen LogP contribution in [0.3, 0.4) is 0 Å². The predicted molar refractivity (Wildman–Crippen MR) is 115 cm³/mol. The van der Waals surface area contributed by atoms with Gasteiger partial charge in [-0.25, -0.2) is 8.42 Å². The normalized spacial score (nSPS) is 20.1. The molecule has 2 aromatic rings. The lowest BCUT2D eigenvalue weighted by atomic mass is 9.92. The van der Waals surface area contributed by atoms with Gasteiger partial charge in [0.15, 0.2) is 5.82 Å². The second-order valence-electron chi connectivity index (χ2n) is 8.14. The molecule has 1 saturated carbocycles. The van der Waals surface area contributed by atoms with E-state index in [-0.39, 0.29) is 39.9 Å². The summed E-state index contributed by atoms with van der Waals surface area (Å²) < 4.78 is 32.6. The van der Waals surface area contributed by atoms with E-state index in [9.17, 15) is 13.2 Å². The number of hydrogen-bond donors (Lipinski definition) is 1. The molecule has 0 unspecified atom stereocenters. The number of sulfonamides is 1. The SMILES string of the molecule is Cc1nc(C2(NC(=O)C3CCN(S(=O)(=O)c4c(Cl)cccc4Cl)CC3)CCCC2)no1. The number of aromatic nitrogens is 2. The van der Waals surface area contributed by atoms with Gasteiger partial charge in [0.2, 0.25) is 21.8 Å². The molecule has 1 aliphatic heterocycles. The van der Waals surface area contributed by atoms with Gasteiger partial charge in [0.25, 0.3) is 0 Å². The molecule has 31 heavy (non-hydrogen) atoms. The van der Waals surface area contributed by atoms with Gasteiger partial charge < -0.3 is 9.84 Å². The van der Waals surface area contributed by atoms with Gasteiger partial charge in [0.1, 0.15) is 10.4 Å². The van der Waals surface area contributed by atoms with E-state index in [2.05, 4.69) is 15.5 Å². The zero-order valence-electron chi connectivity index (χ0n) is 17.1. The van der Waals surface area contributed by atoms with Gasteiger partial charge in [-0.1, -0.05) is 47.3 Å². The topological polar surface area (TPSA) is 105 Å². The monoisotopic (exact) mass is 486 g/mol. The number of carbonyl (C=O) groups excluding carboxylic acids is 1. The number of carbonyl (C=O) groups is 1. The van der Waals surface area contributed by atoms with Gasteiger partial charge in [0, 0.05) is 25.9 Å². The summed E-state index contributed by atoms with van der Waals surface area (Å²) in [6.45, 7) is 2.16. The number of nitrogens with zero attached hydrogens (tertiary/aromatic N) is 3. The molecule has 168 valence electrons. The maximum atomic E-state index is 13.1. The number of nitrogens with one attached hydrogen (secondary N) is 1. The Bertz CT molecular complexity index is 1050. The molecule has 1 aromatic heterocycles. The quantitative estimate of drug-likeness (QED) is 0.690. The van der Waals surface area contributed by atoms with Crippen LogP contribution < -0.4 is 5.32 Å². The lowest BCUT2D eigenvalue weighted by Gasteiger charge is -2.34. The fourth-order valence-corrected chi connectivity index (χ4v) is 6.99. The van der Waals surface area contributed by atoms with Crippen LogP contribution >= 0.6 is 23.2 Å². The summed E-state index contributed by atoms with van der Waals surface area (Å²) >= 11 is 12.2. The molecule has 1 N–H and O–H groups in total. The average Bonchev–Trinajstić information content (AvgIpc) is 3.38. The molecule has 0 radical (unpaired) electrons. The van der Waals surface area contributed by atoms with Gasteiger partial charge in [-0.15, -0.1) is 0 Å². The fourth-order valence-electron chi connectivity index (χ4n) is 4.43. The Balaban J connectivity index is 1.44. The zero-order valence-corrected chi connectivity index (χ0v) is 19.4. The highest BCUT2D eigenvalue weighted by Gasteiger charge is 2.43. The third kappa shape index (κ3) is 4.33. The minimum absolute atomic E-state index is 0.0846. The van der Waals surface area contributed by atoms with Crippen molar-refractivity contribution in [2.75, 3.05) is 13.1 Å². The molecule has 1 aromatic carbocycles. The van der Waals surface area contributed by atoms with E-state index in [0.29, 0.717) is 24.6 Å². The molecule has 0 spiro atoms. The number of rotatable bonds is 5. The van der Waals surface area contributed by atoms with Crippen molar-refractivity contribution in [1.29, 1.82) is 0 Å². The smallest absolute Gasteiger partial charge is 0.246 e. The minimum atomic E-state index is -3.84. The van der Waals surface area contributed by atoms with Crippen LogP contribution in [0.1, 0.15) is 50.2 Å². The van der Waals surface area contributed by atoms with E-state index >= 15 is 0 Å². The van der Waals surface area contributed by atoms with Crippen LogP contribution in [0, 0.1) is 12.8 Å². The van der Waals surface area contributed by atoms with Crippen LogP contribution in [-0.4, -0.2) is 41.9 Å². The molecule has 1 amide bonds. The molecule has 2 fully saturated rings. The summed E-state index contributed by atoms with van der Waals surface area (Å²) in [5.41, 5.74) is -0.608. The molecule has 0 atom stereocenters. The number of benzene rings is 1. The first kappa shape index (κ1) is 22.5. The summed E-state index contributed by atoms with van der Waals surface area (Å²) in [6.07, 6.45) is 4.29. The van der Waals surface area contributed by atoms with E-state index in [0.717, 1.165) is 25.7 Å². The maximum Gasteiger partial charge on any atom is 0.246 e. The molecule has 2 aliphatic rings. The van der Waals surface area contributed by atoms with Crippen LogP contribution in [0.2, 0.25) is 10.0 Å². The van der Waals surface area contributed by atoms with Crippen LogP contribution in [0.4, 0.5) is 0 Å². The van der Waals surface area contributed by atoms with Gasteiger partial charge in [-0.3, -0.25) is 4.79 Å². The van der Waals surface area contributed by atoms with Crippen LogP contribution in [0.5, 0.6) is 0 Å². The van der Waals surface area contributed by atoms with Gasteiger partial charge >= 0.3 is 0 Å². The Labute approximate surface area is 191 Å². The van der Waals surface area contributed by atoms with Crippen molar-refractivity contribution in [1.82, 2.24) is 19.8 Å². The largest absolute Gasteiger partial charge is 0.343 e. The molecule has 8 nitrogen and oxygen atoms in total. The van der Waals surface area contributed by atoms with Crippen molar-refractivity contribution in [2.24, 2.45) is 5.92 Å². The highest BCUT2D eigenvalue weighted by molar-refractivity contribution is 7.89. The molecule has 4 rings (SSSR count). The highest BCUT2D eigenvalue weighted by Crippen LogP contribution is 2.38. The Kier molecular flexibility index (Phi) is 6.31. The van der Waals surface area contributed by atoms with Crippen LogP contribution in [-0.2, 0) is 20.4 Å². The molecule has 11 heteroatoms. The number of aryl methyl sites for hydroxylation is 1. The number of halogens is 2. The Morgan fingerprint density at radius 3 is 2.35 bits per heavy atom. The lowest BCUT2D eigenvalue weighted by Crippen LogP contribution is -2.49. The van der Waals surface area contributed by atoms with Gasteiger partial charge in [-0.05, 0) is 37.8 Å². The summed E-state index contributed by atoms with van der Waals surface area (Å²) in [5, 5.41) is 7.39. The number of hydrogen-bond acceptors (Lipinski definition) is 6. The Hall–Kier alpha value is -1.68. The Morgan fingerprint density at radius 1 is 1.19 bits per heavy atom. The van der Waals surface area contributed by atoms with Crippen molar-refractivity contribution >= 4 is 39.1 Å². The van der Waals surface area contributed by atoms with Gasteiger partial charge in [0.05, 0.1) is 10.0 Å². The Morgan fingerprint density at radius 2 is 1.81 bits per heavy atom. The first-order valence-corrected chi connectivity index (χ1v) is 12.5. The van der Waals surface area contributed by atoms with E-state index in [1.807, 2.05) is 0 Å². The van der Waals surface area contributed by atoms with E-state index < -0.39 is 15.6 Å². The van der Waals surface area contributed by atoms with Crippen molar-refractivity contribution < 1.29 is 17.7 Å². The van der Waals surface area contributed by atoms with Crippen LogP contribution in [0.15, 0.2) is 27.6 Å². The molecule has 2 heterocycles. The van der Waals surface area contributed by atoms with E-state index in [1.54, 1.807) is 13.0 Å². The zero-order chi connectivity index (χ0) is 22.2. The highest BCUT2D eigenvalue weighted by atomic mass is 35.5. The first-order chi connectivity index (χ1) is 14.7.